The molecule has 1 amide bonds. The van der Waals surface area contributed by atoms with Gasteiger partial charge in [0.15, 0.2) is 70.3 Å². The molecular formula is C72H49Cl3N10O13S3. The molecule has 101 heavy (non-hydrogen) atoms. The molecule has 504 valence electrons. The maximum absolute atomic E-state index is 12.9. The summed E-state index contributed by atoms with van der Waals surface area (Å²) in [5.74, 6) is 8.96. The lowest BCUT2D eigenvalue weighted by molar-refractivity contribution is -0.115. The van der Waals surface area contributed by atoms with Crippen LogP contribution in [-0.4, -0.2) is 89.0 Å². The summed E-state index contributed by atoms with van der Waals surface area (Å²) in [6.45, 7) is 0.839. The molecule has 0 aliphatic carbocycles. The summed E-state index contributed by atoms with van der Waals surface area (Å²) in [4.78, 5) is 64.4. The van der Waals surface area contributed by atoms with E-state index in [1.54, 1.807) is 68.7 Å². The van der Waals surface area contributed by atoms with Crippen molar-refractivity contribution in [3.05, 3.63) is 276 Å². The van der Waals surface area contributed by atoms with Crippen molar-refractivity contribution in [2.24, 2.45) is 0 Å². The molecule has 0 radical (unpaired) electrons. The van der Waals surface area contributed by atoms with Crippen LogP contribution in [0, 0.1) is 0 Å². The van der Waals surface area contributed by atoms with Crippen molar-refractivity contribution in [2.75, 3.05) is 33.9 Å². The maximum Gasteiger partial charge on any atom is 0.291 e. The predicted molar refractivity (Wildman–Crippen MR) is 381 cm³/mol. The van der Waals surface area contributed by atoms with E-state index in [1.165, 1.54) is 52.5 Å². The Balaban J connectivity index is 0.000000119. The van der Waals surface area contributed by atoms with Crippen molar-refractivity contribution in [3.63, 3.8) is 0 Å². The monoisotopic (exact) mass is 1460 g/mol. The predicted octanol–water partition coefficient (Wildman–Crippen LogP) is 12.1. The number of carbonyl (C=O) groups excluding carboxylic acids is 1. The number of furan rings is 3. The lowest BCUT2D eigenvalue weighted by Gasteiger charge is -2.24. The Kier molecular flexibility index (Phi) is 18.5. The van der Waals surface area contributed by atoms with Gasteiger partial charge in [-0.1, -0.05) is 105 Å². The topological polar surface area (TPSA) is 257 Å². The van der Waals surface area contributed by atoms with Gasteiger partial charge in [0.25, 0.3) is 16.7 Å². The SMILES string of the molecule is CN(C)C=O.O=c1/c(=C\c2ccc(-c3ccc(Cl)cc3)o2)sc2nc(C3COc4ccccc4O3)nn12.O=c1/c(=C\c2ccc(-c3ccc(Cl)cc3)o2)sc2nc(C3COc4ccccc4O3)nn12.O=c1/c(=C\c2ccc(-c3ccc(Cl)cc3)o2)sc2nc(C3COc4ccccc4O3)nn12. The van der Waals surface area contributed by atoms with Gasteiger partial charge < -0.3 is 46.6 Å². The highest BCUT2D eigenvalue weighted by Gasteiger charge is 2.30. The number of thiazole rings is 3. The van der Waals surface area contributed by atoms with Crippen molar-refractivity contribution >= 4 is 108 Å². The minimum Gasteiger partial charge on any atom is -0.485 e. The van der Waals surface area contributed by atoms with E-state index in [1.807, 2.05) is 146 Å². The molecule has 0 N–H and O–H groups in total. The second kappa shape index (κ2) is 28.5. The van der Waals surface area contributed by atoms with Crippen LogP contribution >= 0.6 is 68.8 Å². The summed E-state index contributed by atoms with van der Waals surface area (Å²) in [5.41, 5.74) is 1.93. The Morgan fingerprint density at radius 2 is 0.663 bits per heavy atom. The molecule has 0 saturated heterocycles. The van der Waals surface area contributed by atoms with Crippen LogP contribution in [0.15, 0.2) is 210 Å². The van der Waals surface area contributed by atoms with E-state index in [-0.39, 0.29) is 36.5 Å². The number of hydrogen-bond acceptors (Lipinski definition) is 22. The number of fused-ring (bicyclic) bond motifs is 6. The normalized spacial score (nSPS) is 15.6. The van der Waals surface area contributed by atoms with Crippen LogP contribution < -0.4 is 58.7 Å². The zero-order valence-corrected chi connectivity index (χ0v) is 57.3. The first-order chi connectivity index (χ1) is 49.2. The largest absolute Gasteiger partial charge is 0.485 e. The van der Waals surface area contributed by atoms with Crippen molar-refractivity contribution < 1.29 is 46.5 Å². The van der Waals surface area contributed by atoms with Crippen molar-refractivity contribution in [1.82, 2.24) is 48.7 Å². The quantitative estimate of drug-likeness (QED) is 0.115. The maximum atomic E-state index is 12.9. The molecule has 0 bridgehead atoms. The van der Waals surface area contributed by atoms with E-state index >= 15 is 0 Å². The average Bonchev–Trinajstić information content (AvgIpc) is 1.63. The van der Waals surface area contributed by atoms with Crippen LogP contribution in [-0.2, 0) is 4.79 Å². The first-order valence-electron chi connectivity index (χ1n) is 30.8. The molecular weight excluding hydrogens is 1420 g/mol. The summed E-state index contributed by atoms with van der Waals surface area (Å²) in [6.07, 6.45) is 4.40. The average molecular weight is 1460 g/mol. The molecule has 12 heterocycles. The standard InChI is InChI=1S/3C23H14ClN3O4S.C3H7NO/c3*24-14-7-5-13(6-8-14)16-10-9-15(30-16)11-20-22(28)27-23(32-20)25-21(26-27)19-12-29-17-3-1-2-4-18(17)31-19;1-4(2)3-5/h3*1-11,19H,12H2;3H,1-2H3/b3*20-11+;. The fourth-order valence-electron chi connectivity index (χ4n) is 10.4. The van der Waals surface area contributed by atoms with Gasteiger partial charge in [0.1, 0.15) is 68.0 Å². The number of para-hydroxylation sites is 6. The van der Waals surface area contributed by atoms with Gasteiger partial charge in [0, 0.05) is 64.1 Å². The third-order valence-corrected chi connectivity index (χ3v) is 18.9. The minimum absolute atomic E-state index is 0.259. The molecule has 3 aliphatic rings. The van der Waals surface area contributed by atoms with Crippen molar-refractivity contribution in [2.45, 2.75) is 18.3 Å². The van der Waals surface area contributed by atoms with Crippen LogP contribution in [0.25, 0.3) is 67.1 Å². The molecule has 3 aliphatic heterocycles. The van der Waals surface area contributed by atoms with E-state index in [0.717, 1.165) is 23.1 Å². The van der Waals surface area contributed by atoms with Crippen LogP contribution in [0.5, 0.6) is 34.5 Å². The third-order valence-electron chi connectivity index (χ3n) is 15.3. The Morgan fingerprint density at radius 3 is 0.921 bits per heavy atom. The Hall–Kier alpha value is -11.4. The van der Waals surface area contributed by atoms with E-state index in [0.29, 0.717) is 130 Å². The molecule has 15 aromatic rings. The first-order valence-corrected chi connectivity index (χ1v) is 34.4. The summed E-state index contributed by atoms with van der Waals surface area (Å²) >= 11 is 21.6. The zero-order valence-electron chi connectivity index (χ0n) is 52.6. The molecule has 0 spiro atoms. The van der Waals surface area contributed by atoms with E-state index in [9.17, 15) is 19.2 Å². The number of rotatable bonds is 10. The summed E-state index contributed by atoms with van der Waals surface area (Å²) in [6, 6.07) is 55.4. The van der Waals surface area contributed by atoms with Gasteiger partial charge >= 0.3 is 0 Å². The second-order valence-corrected chi connectivity index (χ2v) is 26.9. The Bertz CT molecular complexity index is 5350. The zero-order chi connectivity index (χ0) is 69.3. The summed E-state index contributed by atoms with van der Waals surface area (Å²) in [5, 5.41) is 15.1. The summed E-state index contributed by atoms with van der Waals surface area (Å²) in [7, 11) is 3.38. The molecule has 18 rings (SSSR count). The molecule has 0 saturated carbocycles. The first kappa shape index (κ1) is 65.5. The number of halogens is 3. The highest BCUT2D eigenvalue weighted by atomic mass is 35.5. The fraction of sp³-hybridized carbons (Fsp3) is 0.111. The second-order valence-electron chi connectivity index (χ2n) is 22.5. The Morgan fingerprint density at radius 1 is 0.396 bits per heavy atom. The van der Waals surface area contributed by atoms with Crippen molar-refractivity contribution in [1.29, 1.82) is 0 Å². The van der Waals surface area contributed by atoms with E-state index in [2.05, 4.69) is 30.2 Å². The number of nitrogens with zero attached hydrogens (tertiary/aromatic N) is 10. The summed E-state index contributed by atoms with van der Waals surface area (Å²) < 4.78 is 58.0. The van der Waals surface area contributed by atoms with Gasteiger partial charge in [0.05, 0.1) is 0 Å². The molecule has 9 aromatic heterocycles. The van der Waals surface area contributed by atoms with E-state index in [4.69, 9.17) is 76.5 Å². The smallest absolute Gasteiger partial charge is 0.291 e. The lowest BCUT2D eigenvalue weighted by atomic mass is 10.2. The van der Waals surface area contributed by atoms with E-state index < -0.39 is 18.3 Å². The van der Waals surface area contributed by atoms with Crippen LogP contribution in [0.4, 0.5) is 0 Å². The number of ether oxygens (including phenoxy) is 6. The molecule has 6 aromatic carbocycles. The van der Waals surface area contributed by atoms with Gasteiger partial charge in [-0.3, -0.25) is 19.2 Å². The number of amides is 1. The van der Waals surface area contributed by atoms with Gasteiger partial charge in [0.2, 0.25) is 21.3 Å². The molecule has 23 nitrogen and oxygen atoms in total. The molecule has 29 heteroatoms. The Labute approximate surface area is 596 Å². The fourth-order valence-corrected chi connectivity index (χ4v) is 13.4. The van der Waals surface area contributed by atoms with Crippen molar-refractivity contribution in [3.8, 4) is 68.5 Å². The molecule has 0 fully saturated rings. The van der Waals surface area contributed by atoms with Gasteiger partial charge in [-0.25, -0.2) is 0 Å². The van der Waals surface area contributed by atoms with Crippen LogP contribution in [0.2, 0.25) is 15.1 Å². The molecule has 3 unspecified atom stereocenters. The van der Waals surface area contributed by atoms with Gasteiger partial charge in [-0.15, -0.1) is 15.3 Å². The number of aromatic nitrogens is 9. The van der Waals surface area contributed by atoms with Gasteiger partial charge in [-0.05, 0) is 146 Å². The highest BCUT2D eigenvalue weighted by Crippen LogP contribution is 2.38. The molecule has 3 atom stereocenters. The third kappa shape index (κ3) is 14.3. The minimum atomic E-state index is -0.476. The number of benzene rings is 6. The highest BCUT2D eigenvalue weighted by molar-refractivity contribution is 7.15. The number of hydrogen-bond donors (Lipinski definition) is 0. The van der Waals surface area contributed by atoms with Gasteiger partial charge in [-0.2, -0.15) is 28.5 Å². The van der Waals surface area contributed by atoms with Crippen LogP contribution in [0.3, 0.4) is 0 Å². The van der Waals surface area contributed by atoms with Crippen LogP contribution in [0.1, 0.15) is 53.1 Å². The number of carbonyl (C=O) groups is 1. The lowest BCUT2D eigenvalue weighted by Crippen LogP contribution is -2.26.